The van der Waals surface area contributed by atoms with Gasteiger partial charge in [0.05, 0.1) is 0 Å². The summed E-state index contributed by atoms with van der Waals surface area (Å²) in [4.78, 5) is 11.5. The molecule has 1 atom stereocenters. The highest BCUT2D eigenvalue weighted by atomic mass is 16.1. The number of benzene rings is 1. The molecule has 1 aromatic rings. The van der Waals surface area contributed by atoms with Crippen molar-refractivity contribution >= 4 is 17.2 Å². The van der Waals surface area contributed by atoms with E-state index < -0.39 is 0 Å². The van der Waals surface area contributed by atoms with E-state index in [0.29, 0.717) is 17.3 Å². The minimum absolute atomic E-state index is 0.0198. The molecule has 3 N–H and O–H groups in total. The Labute approximate surface area is 109 Å². The van der Waals surface area contributed by atoms with E-state index in [1.54, 1.807) is 6.92 Å². The first-order chi connectivity index (χ1) is 8.60. The second-order valence-electron chi connectivity index (χ2n) is 5.29. The van der Waals surface area contributed by atoms with Crippen molar-refractivity contribution in [1.29, 1.82) is 0 Å². The second kappa shape index (κ2) is 5.42. The Morgan fingerprint density at radius 3 is 2.78 bits per heavy atom. The van der Waals surface area contributed by atoms with Crippen LogP contribution in [0.25, 0.3) is 0 Å². The number of carbonyl (C=O) groups excluding carboxylic acids is 1. The third-order valence-corrected chi connectivity index (χ3v) is 3.61. The van der Waals surface area contributed by atoms with Crippen LogP contribution in [0.3, 0.4) is 0 Å². The lowest BCUT2D eigenvalue weighted by Gasteiger charge is -2.18. The van der Waals surface area contributed by atoms with Gasteiger partial charge in [-0.15, -0.1) is 0 Å². The van der Waals surface area contributed by atoms with Gasteiger partial charge in [0.2, 0.25) is 0 Å². The van der Waals surface area contributed by atoms with Crippen molar-refractivity contribution in [2.45, 2.75) is 45.6 Å². The number of hydrogen-bond donors (Lipinski definition) is 2. The molecule has 0 aromatic heterocycles. The van der Waals surface area contributed by atoms with Gasteiger partial charge in [0.15, 0.2) is 5.78 Å². The fourth-order valence-corrected chi connectivity index (χ4v) is 2.27. The van der Waals surface area contributed by atoms with Crippen LogP contribution in [0.4, 0.5) is 11.4 Å². The predicted octanol–water partition coefficient (Wildman–Crippen LogP) is 3.46. The number of anilines is 2. The smallest absolute Gasteiger partial charge is 0.161 e. The fraction of sp³-hybridized carbons (Fsp3) is 0.533. The van der Waals surface area contributed by atoms with Gasteiger partial charge in [0.25, 0.3) is 0 Å². The van der Waals surface area contributed by atoms with Crippen molar-refractivity contribution in [2.24, 2.45) is 5.92 Å². The van der Waals surface area contributed by atoms with Gasteiger partial charge in [-0.05, 0) is 43.9 Å². The maximum Gasteiger partial charge on any atom is 0.161 e. The van der Waals surface area contributed by atoms with Gasteiger partial charge in [-0.2, -0.15) is 0 Å². The average Bonchev–Trinajstić information content (AvgIpc) is 3.14. The first-order valence-corrected chi connectivity index (χ1v) is 6.77. The summed E-state index contributed by atoms with van der Waals surface area (Å²) in [5.74, 6) is 0.926. The molecule has 0 heterocycles. The highest BCUT2D eigenvalue weighted by molar-refractivity contribution is 6.00. The van der Waals surface area contributed by atoms with Crippen LogP contribution in [0.1, 0.15) is 49.9 Å². The largest absolute Gasteiger partial charge is 0.398 e. The molecule has 18 heavy (non-hydrogen) atoms. The van der Waals surface area contributed by atoms with Crippen LogP contribution in [0.5, 0.6) is 0 Å². The van der Waals surface area contributed by atoms with Crippen molar-refractivity contribution in [3.63, 3.8) is 0 Å². The Hall–Kier alpha value is -1.51. The lowest BCUT2D eigenvalue weighted by molar-refractivity contribution is 0.101. The van der Waals surface area contributed by atoms with E-state index in [-0.39, 0.29) is 5.78 Å². The minimum Gasteiger partial charge on any atom is -0.398 e. The van der Waals surface area contributed by atoms with E-state index in [2.05, 4.69) is 12.2 Å². The quantitative estimate of drug-likeness (QED) is 0.597. The molecule has 3 nitrogen and oxygen atoms in total. The fourth-order valence-electron chi connectivity index (χ4n) is 2.27. The molecule has 1 saturated carbocycles. The van der Waals surface area contributed by atoms with Crippen LogP contribution in [0.15, 0.2) is 18.2 Å². The van der Waals surface area contributed by atoms with Crippen LogP contribution >= 0.6 is 0 Å². The van der Waals surface area contributed by atoms with Gasteiger partial charge in [0.1, 0.15) is 0 Å². The molecule has 0 aliphatic heterocycles. The van der Waals surface area contributed by atoms with Crippen molar-refractivity contribution < 1.29 is 4.79 Å². The number of nitrogen functional groups attached to an aromatic ring is 1. The molecule has 3 heteroatoms. The van der Waals surface area contributed by atoms with Gasteiger partial charge in [-0.3, -0.25) is 4.79 Å². The zero-order valence-corrected chi connectivity index (χ0v) is 11.2. The van der Waals surface area contributed by atoms with E-state index in [4.69, 9.17) is 5.73 Å². The van der Waals surface area contributed by atoms with E-state index in [9.17, 15) is 4.79 Å². The molecule has 2 rings (SSSR count). The van der Waals surface area contributed by atoms with Crippen LogP contribution < -0.4 is 11.1 Å². The normalized spacial score (nSPS) is 16.3. The highest BCUT2D eigenvalue weighted by Crippen LogP contribution is 2.35. The van der Waals surface area contributed by atoms with Crippen LogP contribution in [-0.4, -0.2) is 11.8 Å². The molecule has 1 aromatic carbocycles. The second-order valence-corrected chi connectivity index (χ2v) is 5.29. The van der Waals surface area contributed by atoms with Gasteiger partial charge < -0.3 is 11.1 Å². The number of hydrogen-bond acceptors (Lipinski definition) is 3. The van der Waals surface area contributed by atoms with Crippen molar-refractivity contribution in [2.75, 3.05) is 11.1 Å². The highest BCUT2D eigenvalue weighted by Gasteiger charge is 2.24. The summed E-state index contributed by atoms with van der Waals surface area (Å²) in [6.07, 6.45) is 5.09. The maximum atomic E-state index is 11.5. The standard InChI is InChI=1S/C15H22N2O/c1-3-12(8-11-4-5-11)17-13-6-7-15(16)14(9-13)10(2)18/h6-7,9,11-12,17H,3-5,8,16H2,1-2H3. The van der Waals surface area contributed by atoms with Gasteiger partial charge in [-0.1, -0.05) is 19.8 Å². The Bertz CT molecular complexity index is 438. The van der Waals surface area contributed by atoms with Crippen molar-refractivity contribution in [3.8, 4) is 0 Å². The third-order valence-electron chi connectivity index (χ3n) is 3.61. The number of nitrogens with one attached hydrogen (secondary N) is 1. The lowest BCUT2D eigenvalue weighted by atomic mass is 10.1. The first kappa shape index (κ1) is 12.9. The molecule has 1 aliphatic rings. The summed E-state index contributed by atoms with van der Waals surface area (Å²) < 4.78 is 0. The molecule has 1 aliphatic carbocycles. The number of ketones is 1. The molecule has 1 unspecified atom stereocenters. The number of nitrogens with two attached hydrogens (primary N) is 1. The van der Waals surface area contributed by atoms with Gasteiger partial charge >= 0.3 is 0 Å². The summed E-state index contributed by atoms with van der Waals surface area (Å²) in [6, 6.07) is 6.13. The average molecular weight is 246 g/mol. The van der Waals surface area contributed by atoms with E-state index in [0.717, 1.165) is 18.0 Å². The molecule has 0 amide bonds. The predicted molar refractivity (Wildman–Crippen MR) is 75.9 cm³/mol. The summed E-state index contributed by atoms with van der Waals surface area (Å²) in [7, 11) is 0. The first-order valence-electron chi connectivity index (χ1n) is 6.77. The Balaban J connectivity index is 2.07. The monoisotopic (exact) mass is 246 g/mol. The van der Waals surface area contributed by atoms with Crippen molar-refractivity contribution in [1.82, 2.24) is 0 Å². The SMILES string of the molecule is CCC(CC1CC1)Nc1ccc(N)c(C(C)=O)c1. The third kappa shape index (κ3) is 3.25. The number of Topliss-reactive ketones (excluding diaryl/α,β-unsaturated/α-hetero) is 1. The van der Waals surface area contributed by atoms with Crippen LogP contribution in [0, 0.1) is 5.92 Å². The van der Waals surface area contributed by atoms with Crippen molar-refractivity contribution in [3.05, 3.63) is 23.8 Å². The maximum absolute atomic E-state index is 11.5. The topological polar surface area (TPSA) is 55.1 Å². The molecule has 0 bridgehead atoms. The molecular weight excluding hydrogens is 224 g/mol. The Morgan fingerprint density at radius 1 is 1.50 bits per heavy atom. The summed E-state index contributed by atoms with van der Waals surface area (Å²) >= 11 is 0. The van der Waals surface area contributed by atoms with Gasteiger partial charge in [0, 0.05) is 23.0 Å². The molecule has 1 fully saturated rings. The van der Waals surface area contributed by atoms with Crippen LogP contribution in [-0.2, 0) is 0 Å². The number of rotatable bonds is 6. The lowest BCUT2D eigenvalue weighted by Crippen LogP contribution is -2.19. The minimum atomic E-state index is 0.0198. The molecular formula is C15H22N2O. The van der Waals surface area contributed by atoms with Crippen LogP contribution in [0.2, 0.25) is 0 Å². The van der Waals surface area contributed by atoms with E-state index in [1.165, 1.54) is 19.3 Å². The summed E-state index contributed by atoms with van der Waals surface area (Å²) in [5, 5.41) is 3.51. The summed E-state index contributed by atoms with van der Waals surface area (Å²) in [5.41, 5.74) is 7.97. The summed E-state index contributed by atoms with van der Waals surface area (Å²) in [6.45, 7) is 3.75. The van der Waals surface area contributed by atoms with Gasteiger partial charge in [-0.25, -0.2) is 0 Å². The zero-order valence-electron chi connectivity index (χ0n) is 11.2. The van der Waals surface area contributed by atoms with E-state index >= 15 is 0 Å². The Kier molecular flexibility index (Phi) is 3.90. The van der Waals surface area contributed by atoms with E-state index in [1.807, 2.05) is 18.2 Å². The zero-order chi connectivity index (χ0) is 13.1. The molecule has 98 valence electrons. The molecule has 0 saturated heterocycles. The molecule has 0 radical (unpaired) electrons. The molecule has 0 spiro atoms. The Morgan fingerprint density at radius 2 is 2.22 bits per heavy atom. The number of carbonyl (C=O) groups is 1.